The molecule has 0 saturated carbocycles. The first kappa shape index (κ1) is 24.7. The number of hydrogen-bond acceptors (Lipinski definition) is 5. The highest BCUT2D eigenvalue weighted by Gasteiger charge is 2.19. The van der Waals surface area contributed by atoms with Crippen LogP contribution in [0, 0.1) is 12.7 Å². The number of carbonyl (C=O) groups excluding carboxylic acids is 2. The molecule has 3 rings (SSSR count). The molecule has 0 bridgehead atoms. The van der Waals surface area contributed by atoms with Crippen LogP contribution in [0.25, 0.3) is 0 Å². The van der Waals surface area contributed by atoms with E-state index in [0.717, 1.165) is 12.1 Å². The molecule has 0 radical (unpaired) electrons. The van der Waals surface area contributed by atoms with E-state index in [-0.39, 0.29) is 22.3 Å². The van der Waals surface area contributed by atoms with Gasteiger partial charge in [0.2, 0.25) is 0 Å². The number of nitrogens with one attached hydrogen (secondary N) is 3. The summed E-state index contributed by atoms with van der Waals surface area (Å²) in [7, 11) is -4.04. The third kappa shape index (κ3) is 6.32. The Morgan fingerprint density at radius 2 is 1.50 bits per heavy atom. The molecule has 0 unspecified atom stereocenters. The first-order valence-electron chi connectivity index (χ1n) is 10.3. The first-order valence-corrected chi connectivity index (χ1v) is 11.8. The molecule has 3 aromatic rings. The van der Waals surface area contributed by atoms with Gasteiger partial charge in [-0.25, -0.2) is 12.8 Å². The van der Waals surface area contributed by atoms with Crippen molar-refractivity contribution in [2.45, 2.75) is 31.8 Å². The van der Waals surface area contributed by atoms with Gasteiger partial charge in [0.15, 0.2) is 0 Å². The fourth-order valence-corrected chi connectivity index (χ4v) is 4.04. The molecule has 178 valence electrons. The second-order valence-corrected chi connectivity index (χ2v) is 9.37. The average molecular weight is 486 g/mol. The Kier molecular flexibility index (Phi) is 7.52. The van der Waals surface area contributed by atoms with Crippen LogP contribution in [-0.2, 0) is 10.0 Å². The molecule has 0 spiro atoms. The van der Waals surface area contributed by atoms with Gasteiger partial charge in [-0.15, -0.1) is 0 Å². The molecule has 0 aliphatic carbocycles. The zero-order valence-corrected chi connectivity index (χ0v) is 19.6. The van der Waals surface area contributed by atoms with E-state index < -0.39 is 27.7 Å². The molecule has 0 heterocycles. The van der Waals surface area contributed by atoms with Crippen molar-refractivity contribution in [3.8, 4) is 5.75 Å². The van der Waals surface area contributed by atoms with Gasteiger partial charge in [-0.3, -0.25) is 25.2 Å². The van der Waals surface area contributed by atoms with Crippen molar-refractivity contribution in [3.05, 3.63) is 89.2 Å². The Hall–Kier alpha value is -3.92. The molecule has 3 aromatic carbocycles. The van der Waals surface area contributed by atoms with Crippen molar-refractivity contribution in [1.82, 2.24) is 10.9 Å². The fraction of sp³-hybridized carbons (Fsp3) is 0.167. The SMILES string of the molecule is Cc1ccc(S(=O)(=O)Nc2ccc(F)cc2)cc1C(=O)NNC(=O)c1ccc(OC(C)C)cc1. The van der Waals surface area contributed by atoms with Crippen LogP contribution in [0.15, 0.2) is 71.6 Å². The number of carbonyl (C=O) groups is 2. The van der Waals surface area contributed by atoms with Crippen LogP contribution in [0.4, 0.5) is 10.1 Å². The largest absolute Gasteiger partial charge is 0.491 e. The lowest BCUT2D eigenvalue weighted by Crippen LogP contribution is -2.41. The molecular weight excluding hydrogens is 461 g/mol. The van der Waals surface area contributed by atoms with Gasteiger partial charge in [0.25, 0.3) is 21.8 Å². The summed E-state index contributed by atoms with van der Waals surface area (Å²) in [6.45, 7) is 5.41. The van der Waals surface area contributed by atoms with Gasteiger partial charge in [-0.1, -0.05) is 6.07 Å². The number of amides is 2. The van der Waals surface area contributed by atoms with Crippen LogP contribution < -0.4 is 20.3 Å². The van der Waals surface area contributed by atoms with Gasteiger partial charge in [-0.05, 0) is 87.0 Å². The lowest BCUT2D eigenvalue weighted by molar-refractivity contribution is 0.0846. The van der Waals surface area contributed by atoms with Gasteiger partial charge in [0, 0.05) is 16.8 Å². The Labute approximate surface area is 197 Å². The molecule has 8 nitrogen and oxygen atoms in total. The number of anilines is 1. The molecule has 0 atom stereocenters. The van der Waals surface area contributed by atoms with E-state index in [2.05, 4.69) is 15.6 Å². The molecule has 2 amide bonds. The Balaban J connectivity index is 1.69. The van der Waals surface area contributed by atoms with E-state index in [9.17, 15) is 22.4 Å². The lowest BCUT2D eigenvalue weighted by atomic mass is 10.1. The van der Waals surface area contributed by atoms with Crippen LogP contribution in [0.1, 0.15) is 40.1 Å². The molecule has 0 saturated heterocycles. The molecule has 3 N–H and O–H groups in total. The Bertz CT molecular complexity index is 1290. The predicted octanol–water partition coefficient (Wildman–Crippen LogP) is 3.80. The van der Waals surface area contributed by atoms with Crippen molar-refractivity contribution in [3.63, 3.8) is 0 Å². The van der Waals surface area contributed by atoms with E-state index in [1.54, 1.807) is 31.2 Å². The van der Waals surface area contributed by atoms with Crippen molar-refractivity contribution in [2.75, 3.05) is 4.72 Å². The van der Waals surface area contributed by atoms with Crippen LogP contribution in [-0.4, -0.2) is 26.3 Å². The summed E-state index contributed by atoms with van der Waals surface area (Å²) in [5.41, 5.74) is 5.63. The van der Waals surface area contributed by atoms with E-state index in [1.807, 2.05) is 13.8 Å². The highest BCUT2D eigenvalue weighted by atomic mass is 32.2. The molecule has 34 heavy (non-hydrogen) atoms. The minimum atomic E-state index is -4.04. The van der Waals surface area contributed by atoms with Crippen molar-refractivity contribution in [1.29, 1.82) is 0 Å². The van der Waals surface area contributed by atoms with E-state index in [4.69, 9.17) is 4.74 Å². The van der Waals surface area contributed by atoms with Gasteiger partial charge < -0.3 is 4.74 Å². The summed E-state index contributed by atoms with van der Waals surface area (Å²) in [6, 6.07) is 15.2. The first-order chi connectivity index (χ1) is 16.0. The maximum Gasteiger partial charge on any atom is 0.270 e. The third-order valence-corrected chi connectivity index (χ3v) is 6.02. The maximum absolute atomic E-state index is 13.1. The standard InChI is InChI=1S/C24H24FN3O5S/c1-15(2)33-20-11-5-17(6-12-20)23(29)26-27-24(30)22-14-21(13-4-16(22)3)34(31,32)28-19-9-7-18(25)8-10-19/h4-15,28H,1-3H3,(H,26,29)(H,27,30). The molecule has 0 aliphatic rings. The van der Waals surface area contributed by atoms with Crippen LogP contribution >= 0.6 is 0 Å². The van der Waals surface area contributed by atoms with Crippen molar-refractivity contribution < 1.29 is 27.1 Å². The summed E-state index contributed by atoms with van der Waals surface area (Å²) in [5, 5.41) is 0. The quantitative estimate of drug-likeness (QED) is 0.441. The second kappa shape index (κ2) is 10.3. The number of sulfonamides is 1. The molecule has 0 aliphatic heterocycles. The minimum Gasteiger partial charge on any atom is -0.491 e. The minimum absolute atomic E-state index is 0.00678. The number of ether oxygens (including phenoxy) is 1. The van der Waals surface area contributed by atoms with Gasteiger partial charge in [0.1, 0.15) is 11.6 Å². The van der Waals surface area contributed by atoms with Gasteiger partial charge >= 0.3 is 0 Å². The number of hydrazine groups is 1. The van der Waals surface area contributed by atoms with Crippen LogP contribution in [0.3, 0.4) is 0 Å². The van der Waals surface area contributed by atoms with E-state index >= 15 is 0 Å². The predicted molar refractivity (Wildman–Crippen MR) is 126 cm³/mol. The van der Waals surface area contributed by atoms with Gasteiger partial charge in [-0.2, -0.15) is 0 Å². The number of rotatable bonds is 7. The highest BCUT2D eigenvalue weighted by Crippen LogP contribution is 2.20. The normalized spacial score (nSPS) is 11.1. The fourth-order valence-electron chi connectivity index (χ4n) is 2.95. The number of hydrogen-bond donors (Lipinski definition) is 3. The van der Waals surface area contributed by atoms with Crippen molar-refractivity contribution in [2.24, 2.45) is 0 Å². The number of benzene rings is 3. The maximum atomic E-state index is 13.1. The molecular formula is C24H24FN3O5S. The number of aryl methyl sites for hydroxylation is 1. The zero-order valence-electron chi connectivity index (χ0n) is 18.8. The number of halogens is 1. The van der Waals surface area contributed by atoms with E-state index in [1.165, 1.54) is 30.3 Å². The summed E-state index contributed by atoms with van der Waals surface area (Å²) >= 11 is 0. The summed E-state index contributed by atoms with van der Waals surface area (Å²) in [5.74, 6) is -1.13. The summed E-state index contributed by atoms with van der Waals surface area (Å²) in [6.07, 6.45) is -0.00678. The smallest absolute Gasteiger partial charge is 0.270 e. The molecule has 0 aromatic heterocycles. The topological polar surface area (TPSA) is 114 Å². The second-order valence-electron chi connectivity index (χ2n) is 7.69. The molecule has 0 fully saturated rings. The van der Waals surface area contributed by atoms with Crippen LogP contribution in [0.2, 0.25) is 0 Å². The van der Waals surface area contributed by atoms with E-state index in [0.29, 0.717) is 16.9 Å². The summed E-state index contributed by atoms with van der Waals surface area (Å²) in [4.78, 5) is 24.8. The Morgan fingerprint density at radius 1 is 0.882 bits per heavy atom. The van der Waals surface area contributed by atoms with Gasteiger partial charge in [0.05, 0.1) is 11.0 Å². The molecule has 10 heteroatoms. The monoisotopic (exact) mass is 485 g/mol. The summed E-state index contributed by atoms with van der Waals surface area (Å²) < 4.78 is 46.3. The Morgan fingerprint density at radius 3 is 2.12 bits per heavy atom. The zero-order chi connectivity index (χ0) is 24.9. The highest BCUT2D eigenvalue weighted by molar-refractivity contribution is 7.92. The van der Waals surface area contributed by atoms with Crippen LogP contribution in [0.5, 0.6) is 5.75 Å². The van der Waals surface area contributed by atoms with Crippen molar-refractivity contribution >= 4 is 27.5 Å². The average Bonchev–Trinajstić information content (AvgIpc) is 2.79. The third-order valence-electron chi connectivity index (χ3n) is 4.64. The lowest BCUT2D eigenvalue weighted by Gasteiger charge is -2.13.